The van der Waals surface area contributed by atoms with Gasteiger partial charge in [-0.1, -0.05) is 491 Å². The van der Waals surface area contributed by atoms with Crippen molar-refractivity contribution < 1.29 is 0 Å². The molecular formula is C127H167N. The van der Waals surface area contributed by atoms with Crippen LogP contribution >= 0.6 is 0 Å². The number of rotatable bonds is 0. The summed E-state index contributed by atoms with van der Waals surface area (Å²) in [6, 6.07) is 113. The lowest BCUT2D eigenvalue weighted by molar-refractivity contribution is 1.17. The Kier molecular flexibility index (Phi) is 60.5. The molecule has 0 unspecified atom stereocenters. The molecule has 1 heteroatoms. The van der Waals surface area contributed by atoms with Gasteiger partial charge >= 0.3 is 0 Å². The summed E-state index contributed by atoms with van der Waals surface area (Å²) in [5.74, 6) is 0. The Morgan fingerprint density at radius 2 is 0.344 bits per heavy atom. The monoisotopic (exact) mass is 1710 g/mol. The van der Waals surface area contributed by atoms with E-state index in [-0.39, 0.29) is 0 Å². The number of hydrogen-bond acceptors (Lipinski definition) is 1. The molecule has 680 valence electrons. The summed E-state index contributed by atoms with van der Waals surface area (Å²) in [4.78, 5) is 4.08. The van der Waals surface area contributed by atoms with E-state index in [2.05, 4.69) is 425 Å². The fraction of sp³-hybridized carbons (Fsp3) is 0.299. The molecule has 0 amide bonds. The number of fused-ring (bicyclic) bond motifs is 10. The average Bonchev–Trinajstić information content (AvgIpc) is 0.772. The SMILES string of the molecule is CC.CC.CC.CC.CC.CC.CC.CC.CC.CC.Cc1c2ccccc2c(C)c2ccccc12.Cc1ccc(C)c2ccccc12.Cc1ccc(C)cc1.Cc1ccc(C)nc1.Cc1ccc2c(ccc3cc(C)ccc32)c1.Cc1ccc2cc(C)ccc2c1.Cc1ccc2cc3cc(C)ccc3cc2c1.Cc1cccc(C)c1.Cc1cccc2c(C)cccc12. The molecule has 0 aliphatic rings. The molecule has 1 nitrogen and oxygen atoms in total. The molecule has 0 aliphatic carbocycles. The van der Waals surface area contributed by atoms with Crippen LogP contribution in [-0.2, 0) is 0 Å². The van der Waals surface area contributed by atoms with Crippen LogP contribution in [0, 0.1) is 125 Å². The van der Waals surface area contributed by atoms with E-state index in [1.807, 2.05) is 165 Å². The van der Waals surface area contributed by atoms with Gasteiger partial charge in [0.25, 0.3) is 0 Å². The van der Waals surface area contributed by atoms with Gasteiger partial charge in [0.05, 0.1) is 0 Å². The summed E-state index contributed by atoms with van der Waals surface area (Å²) >= 11 is 0. The number of benzene rings is 17. The molecule has 1 aromatic heterocycles. The third-order valence-corrected chi connectivity index (χ3v) is 20.0. The summed E-state index contributed by atoms with van der Waals surface area (Å²) in [6.45, 7) is 78.3. The fourth-order valence-corrected chi connectivity index (χ4v) is 13.8. The van der Waals surface area contributed by atoms with Crippen LogP contribution < -0.4 is 0 Å². The van der Waals surface area contributed by atoms with Crippen molar-refractivity contribution >= 4 is 97.0 Å². The first-order chi connectivity index (χ1) is 61.9. The highest BCUT2D eigenvalue weighted by Crippen LogP contribution is 2.33. The number of pyridine rings is 1. The molecule has 0 N–H and O–H groups in total. The smallest absolute Gasteiger partial charge is 0.0372 e. The lowest BCUT2D eigenvalue weighted by Gasteiger charge is -2.11. The van der Waals surface area contributed by atoms with Crippen LogP contribution in [0.2, 0.25) is 0 Å². The van der Waals surface area contributed by atoms with Crippen molar-refractivity contribution in [3.63, 3.8) is 0 Å². The van der Waals surface area contributed by atoms with Gasteiger partial charge in [0.1, 0.15) is 0 Å². The van der Waals surface area contributed by atoms with E-state index in [9.17, 15) is 0 Å². The second-order valence-electron chi connectivity index (χ2n) is 29.5. The molecule has 17 aromatic carbocycles. The predicted molar refractivity (Wildman–Crippen MR) is 592 cm³/mol. The molecular weight excluding hydrogens is 1540 g/mol. The highest BCUT2D eigenvalue weighted by molar-refractivity contribution is 6.08. The van der Waals surface area contributed by atoms with Crippen LogP contribution in [0.15, 0.2) is 322 Å². The second-order valence-corrected chi connectivity index (χ2v) is 29.5. The minimum absolute atomic E-state index is 1.08. The Morgan fingerprint density at radius 3 is 0.609 bits per heavy atom. The predicted octanol–water partition coefficient (Wildman–Crippen LogP) is 40.8. The molecule has 0 saturated carbocycles. The highest BCUT2D eigenvalue weighted by atomic mass is 14.6. The quantitative estimate of drug-likeness (QED) is 0.109. The first-order valence-corrected chi connectivity index (χ1v) is 47.9. The fourth-order valence-electron chi connectivity index (χ4n) is 13.8. The maximum absolute atomic E-state index is 4.08. The van der Waals surface area contributed by atoms with Crippen molar-refractivity contribution in [3.05, 3.63) is 422 Å². The highest BCUT2D eigenvalue weighted by Gasteiger charge is 2.08. The number of hydrogen-bond donors (Lipinski definition) is 0. The molecule has 0 bridgehead atoms. The molecule has 18 aromatic rings. The normalized spacial score (nSPS) is 9.33. The van der Waals surface area contributed by atoms with E-state index in [0.29, 0.717) is 0 Å². The molecule has 128 heavy (non-hydrogen) atoms. The summed E-state index contributed by atoms with van der Waals surface area (Å²) in [5, 5.41) is 24.3. The summed E-state index contributed by atoms with van der Waals surface area (Å²) < 4.78 is 0. The molecule has 1 heterocycles. The van der Waals surface area contributed by atoms with Gasteiger partial charge in [-0.3, -0.25) is 4.98 Å². The summed E-state index contributed by atoms with van der Waals surface area (Å²) in [6.07, 6.45) is 1.87. The van der Waals surface area contributed by atoms with Gasteiger partial charge in [-0.25, -0.2) is 0 Å². The van der Waals surface area contributed by atoms with Gasteiger partial charge in [0.15, 0.2) is 0 Å². The molecule has 0 aliphatic heterocycles. The lowest BCUT2D eigenvalue weighted by Crippen LogP contribution is -1.87. The van der Waals surface area contributed by atoms with Crippen molar-refractivity contribution in [2.45, 2.75) is 263 Å². The van der Waals surface area contributed by atoms with E-state index in [4.69, 9.17) is 0 Å². The largest absolute Gasteiger partial charge is 0.261 e. The zero-order valence-electron chi connectivity index (χ0n) is 87.0. The van der Waals surface area contributed by atoms with E-state index in [1.165, 1.54) is 192 Å². The number of nitrogens with zero attached hydrogens (tertiary/aromatic N) is 1. The summed E-state index contributed by atoms with van der Waals surface area (Å²) in [5.41, 5.74) is 23.8. The van der Waals surface area contributed by atoms with Crippen molar-refractivity contribution in [3.8, 4) is 0 Å². The van der Waals surface area contributed by atoms with Crippen LogP contribution in [0.3, 0.4) is 0 Å². The van der Waals surface area contributed by atoms with Crippen LogP contribution in [0.25, 0.3) is 97.0 Å². The average molecular weight is 1710 g/mol. The van der Waals surface area contributed by atoms with Crippen molar-refractivity contribution in [2.75, 3.05) is 0 Å². The van der Waals surface area contributed by atoms with Gasteiger partial charge in [0.2, 0.25) is 0 Å². The molecule has 0 spiro atoms. The van der Waals surface area contributed by atoms with Crippen molar-refractivity contribution in [1.29, 1.82) is 0 Å². The number of aryl methyl sites for hydroxylation is 18. The van der Waals surface area contributed by atoms with Crippen molar-refractivity contribution in [1.82, 2.24) is 4.98 Å². The van der Waals surface area contributed by atoms with Crippen LogP contribution in [-0.4, -0.2) is 4.98 Å². The Balaban J connectivity index is 0.00000139. The third-order valence-electron chi connectivity index (χ3n) is 20.0. The standard InChI is InChI=1S/3C16H14.3C12H12.2C8H10.C7H9N.10C2H6/c1-11-3-7-15-13(9-11)5-6-14-10-12(2)4-8-16(14)15;1-11-3-5-13-10-16-8-12(2)4-6-14(16)9-15(13)7-11;1-11-13-7-3-5-9-15(13)12(2)16-10-6-4-8-14(11)16;1-9-3-5-12-8-10(2)4-6-11(12)7-9;1-9-5-3-8-12-10(2)6-4-7-11(9)12;1-9-7-8-10(2)12-6-4-3-5-11(9)12;1-7-3-5-8(2)6-4-7;1-7-4-3-5-8(2)6-7;1-6-3-4-7(2)8-5-6;10*1-2/h3*3-10H,1-2H3;3*3-8H,1-2H3;2*3-6H,1-2H3;3-5H,1-2H3;10*1-2H3. The maximum atomic E-state index is 4.08. The first kappa shape index (κ1) is 116. The number of aromatic nitrogens is 1. The topological polar surface area (TPSA) is 12.9 Å². The van der Waals surface area contributed by atoms with E-state index < -0.39 is 0 Å². The van der Waals surface area contributed by atoms with E-state index in [1.54, 1.807) is 0 Å². The van der Waals surface area contributed by atoms with Gasteiger partial charge in [0, 0.05) is 11.9 Å². The van der Waals surface area contributed by atoms with Crippen molar-refractivity contribution in [2.24, 2.45) is 0 Å². The van der Waals surface area contributed by atoms with Gasteiger partial charge < -0.3 is 0 Å². The molecule has 0 atom stereocenters. The minimum Gasteiger partial charge on any atom is -0.261 e. The molecule has 0 radical (unpaired) electrons. The van der Waals surface area contributed by atoms with Gasteiger partial charge in [-0.05, 0) is 279 Å². The lowest BCUT2D eigenvalue weighted by atomic mass is 9.93. The van der Waals surface area contributed by atoms with Gasteiger partial charge in [-0.15, -0.1) is 0 Å². The molecule has 0 fully saturated rings. The third kappa shape index (κ3) is 38.4. The van der Waals surface area contributed by atoms with Crippen LogP contribution in [0.1, 0.15) is 239 Å². The summed E-state index contributed by atoms with van der Waals surface area (Å²) in [7, 11) is 0. The Labute approximate surface area is 781 Å². The maximum Gasteiger partial charge on any atom is 0.0372 e. The Bertz CT molecular complexity index is 5550. The van der Waals surface area contributed by atoms with Crippen LogP contribution in [0.5, 0.6) is 0 Å². The minimum atomic E-state index is 1.08. The second kappa shape index (κ2) is 66.6. The Morgan fingerprint density at radius 1 is 0.133 bits per heavy atom. The zero-order valence-corrected chi connectivity index (χ0v) is 87.0. The molecule has 0 saturated heterocycles. The van der Waals surface area contributed by atoms with E-state index in [0.717, 1.165) is 5.69 Å². The van der Waals surface area contributed by atoms with Gasteiger partial charge in [-0.2, -0.15) is 0 Å². The van der Waals surface area contributed by atoms with Crippen LogP contribution in [0.4, 0.5) is 0 Å². The molecule has 18 rings (SSSR count). The first-order valence-electron chi connectivity index (χ1n) is 47.9. The Hall–Kier alpha value is -11.8. The van der Waals surface area contributed by atoms with E-state index >= 15 is 0 Å². The zero-order chi connectivity index (χ0) is 97.0.